The highest BCUT2D eigenvalue weighted by molar-refractivity contribution is 7.99. The van der Waals surface area contributed by atoms with Crippen LogP contribution in [0.3, 0.4) is 0 Å². The largest absolute Gasteiger partial charge is 0.454 e. The van der Waals surface area contributed by atoms with Crippen LogP contribution in [-0.2, 0) is 4.79 Å². The number of carbonyl (C=O) groups excluding carboxylic acids is 1. The monoisotopic (exact) mass is 431 g/mol. The third kappa shape index (κ3) is 4.28. The molecule has 5 heteroatoms. The normalized spacial score (nSPS) is 18.1. The number of amides is 1. The first-order chi connectivity index (χ1) is 15.3. The lowest BCUT2D eigenvalue weighted by atomic mass is 9.90. The summed E-state index contributed by atoms with van der Waals surface area (Å²) in [5.41, 5.74) is 3.33. The van der Waals surface area contributed by atoms with Gasteiger partial charge in [-0.05, 0) is 35.2 Å². The Balaban J connectivity index is 1.35. The molecule has 1 atom stereocenters. The number of carbonyl (C=O) groups is 1. The second-order valence-electron chi connectivity index (χ2n) is 7.84. The summed E-state index contributed by atoms with van der Waals surface area (Å²) >= 11 is 1.92. The molecule has 31 heavy (non-hydrogen) atoms. The number of ether oxygens (including phenoxy) is 2. The lowest BCUT2D eigenvalue weighted by Gasteiger charge is -2.27. The summed E-state index contributed by atoms with van der Waals surface area (Å²) in [7, 11) is 0. The van der Waals surface area contributed by atoms with Crippen molar-refractivity contribution in [1.29, 1.82) is 0 Å². The average molecular weight is 432 g/mol. The molecule has 3 aromatic rings. The maximum absolute atomic E-state index is 13.7. The molecule has 1 amide bonds. The Hall–Kier alpha value is -2.92. The van der Waals surface area contributed by atoms with E-state index in [0.29, 0.717) is 12.0 Å². The standard InChI is InChI=1S/C26H25NO3S/c28-26(25(19-7-3-1-4-8-19)20-9-5-2-6-10-20)27-14-13-24(31-16-15-27)21-11-12-22-23(17-21)30-18-29-22/h1-12,17,24-25H,13-16,18H2. The summed E-state index contributed by atoms with van der Waals surface area (Å²) in [6.45, 7) is 1.81. The van der Waals surface area contributed by atoms with Gasteiger partial charge < -0.3 is 14.4 Å². The maximum atomic E-state index is 13.7. The summed E-state index contributed by atoms with van der Waals surface area (Å²) in [4.78, 5) is 15.8. The lowest BCUT2D eigenvalue weighted by Crippen LogP contribution is -2.37. The molecule has 2 heterocycles. The van der Waals surface area contributed by atoms with Crippen LogP contribution in [-0.4, -0.2) is 36.4 Å². The van der Waals surface area contributed by atoms with Gasteiger partial charge in [-0.3, -0.25) is 4.79 Å². The van der Waals surface area contributed by atoms with E-state index in [1.165, 1.54) is 5.56 Å². The van der Waals surface area contributed by atoms with Crippen molar-refractivity contribution in [3.8, 4) is 11.5 Å². The van der Waals surface area contributed by atoms with Crippen LogP contribution in [0.1, 0.15) is 34.3 Å². The second-order valence-corrected chi connectivity index (χ2v) is 9.15. The van der Waals surface area contributed by atoms with Gasteiger partial charge in [-0.2, -0.15) is 11.8 Å². The van der Waals surface area contributed by atoms with Gasteiger partial charge in [0.15, 0.2) is 11.5 Å². The van der Waals surface area contributed by atoms with Gasteiger partial charge >= 0.3 is 0 Å². The highest BCUT2D eigenvalue weighted by atomic mass is 32.2. The van der Waals surface area contributed by atoms with E-state index < -0.39 is 0 Å². The third-order valence-electron chi connectivity index (χ3n) is 5.93. The fourth-order valence-electron chi connectivity index (χ4n) is 4.32. The van der Waals surface area contributed by atoms with Crippen molar-refractivity contribution in [3.05, 3.63) is 95.6 Å². The quantitative estimate of drug-likeness (QED) is 0.565. The number of thioether (sulfide) groups is 1. The zero-order valence-corrected chi connectivity index (χ0v) is 18.1. The molecule has 0 N–H and O–H groups in total. The van der Waals surface area contributed by atoms with Crippen molar-refractivity contribution in [3.63, 3.8) is 0 Å². The van der Waals surface area contributed by atoms with Gasteiger partial charge in [-0.25, -0.2) is 0 Å². The van der Waals surface area contributed by atoms with E-state index in [4.69, 9.17) is 9.47 Å². The van der Waals surface area contributed by atoms with E-state index >= 15 is 0 Å². The average Bonchev–Trinajstić information content (AvgIpc) is 3.15. The van der Waals surface area contributed by atoms with Crippen LogP contribution >= 0.6 is 11.8 Å². The molecule has 0 aliphatic carbocycles. The third-order valence-corrected chi connectivity index (χ3v) is 7.26. The second kappa shape index (κ2) is 9.06. The summed E-state index contributed by atoms with van der Waals surface area (Å²) < 4.78 is 11.0. The Bertz CT molecular complexity index is 1000. The molecule has 1 saturated heterocycles. The van der Waals surface area contributed by atoms with Gasteiger partial charge in [0, 0.05) is 24.1 Å². The van der Waals surface area contributed by atoms with Gasteiger partial charge in [0.05, 0.1) is 5.92 Å². The fourth-order valence-corrected chi connectivity index (χ4v) is 5.54. The van der Waals surface area contributed by atoms with Crippen molar-refractivity contribution < 1.29 is 14.3 Å². The number of nitrogens with zero attached hydrogens (tertiary/aromatic N) is 1. The van der Waals surface area contributed by atoms with Gasteiger partial charge in [0.25, 0.3) is 0 Å². The number of hydrogen-bond acceptors (Lipinski definition) is 4. The summed E-state index contributed by atoms with van der Waals surface area (Å²) in [6.07, 6.45) is 0.923. The Morgan fingerprint density at radius 3 is 2.26 bits per heavy atom. The molecule has 4 nitrogen and oxygen atoms in total. The van der Waals surface area contributed by atoms with Crippen LogP contribution in [0.25, 0.3) is 0 Å². The first-order valence-corrected chi connectivity index (χ1v) is 11.7. The van der Waals surface area contributed by atoms with E-state index in [1.54, 1.807) is 0 Å². The molecule has 0 spiro atoms. The lowest BCUT2D eigenvalue weighted by molar-refractivity contribution is -0.131. The van der Waals surface area contributed by atoms with Crippen molar-refractivity contribution in [2.75, 3.05) is 25.6 Å². The number of fused-ring (bicyclic) bond motifs is 1. The SMILES string of the molecule is O=C(C(c1ccccc1)c1ccccc1)N1CCSC(c2ccc3c(c2)OCO3)CC1. The van der Waals surface area contributed by atoms with Crippen LogP contribution in [0, 0.1) is 0 Å². The molecule has 1 fully saturated rings. The smallest absolute Gasteiger partial charge is 0.234 e. The minimum absolute atomic E-state index is 0.185. The van der Waals surface area contributed by atoms with E-state index in [-0.39, 0.29) is 11.8 Å². The Labute approximate surface area is 187 Å². The maximum Gasteiger partial charge on any atom is 0.234 e. The van der Waals surface area contributed by atoms with Crippen LogP contribution in [0.5, 0.6) is 11.5 Å². The highest BCUT2D eigenvalue weighted by Gasteiger charge is 2.30. The van der Waals surface area contributed by atoms with Crippen LogP contribution in [0.2, 0.25) is 0 Å². The van der Waals surface area contributed by atoms with Crippen molar-refractivity contribution in [2.45, 2.75) is 17.6 Å². The number of rotatable bonds is 4. The highest BCUT2D eigenvalue weighted by Crippen LogP contribution is 2.40. The molecular formula is C26H25NO3S. The van der Waals surface area contributed by atoms with Crippen LogP contribution in [0.4, 0.5) is 0 Å². The van der Waals surface area contributed by atoms with E-state index in [0.717, 1.165) is 47.9 Å². The molecule has 5 rings (SSSR count). The first kappa shape index (κ1) is 20.0. The molecule has 2 aliphatic rings. The molecule has 2 aliphatic heterocycles. The van der Waals surface area contributed by atoms with Gasteiger partial charge in [-0.1, -0.05) is 66.7 Å². The molecule has 0 bridgehead atoms. The molecule has 0 aromatic heterocycles. The van der Waals surface area contributed by atoms with E-state index in [1.807, 2.05) is 59.1 Å². The van der Waals surface area contributed by atoms with Gasteiger partial charge in [0.2, 0.25) is 12.7 Å². The van der Waals surface area contributed by atoms with Crippen LogP contribution in [0.15, 0.2) is 78.9 Å². The zero-order valence-electron chi connectivity index (χ0n) is 17.3. The molecule has 0 saturated carbocycles. The van der Waals surface area contributed by atoms with E-state index in [9.17, 15) is 4.79 Å². The van der Waals surface area contributed by atoms with Crippen molar-refractivity contribution >= 4 is 17.7 Å². The van der Waals surface area contributed by atoms with Crippen molar-refractivity contribution in [2.24, 2.45) is 0 Å². The Morgan fingerprint density at radius 1 is 0.871 bits per heavy atom. The topological polar surface area (TPSA) is 38.8 Å². The molecule has 1 unspecified atom stereocenters. The fraction of sp³-hybridized carbons (Fsp3) is 0.269. The Kier molecular flexibility index (Phi) is 5.85. The van der Waals surface area contributed by atoms with Crippen LogP contribution < -0.4 is 9.47 Å². The van der Waals surface area contributed by atoms with Gasteiger partial charge in [-0.15, -0.1) is 0 Å². The van der Waals surface area contributed by atoms with Crippen molar-refractivity contribution in [1.82, 2.24) is 4.90 Å². The molecule has 3 aromatic carbocycles. The molecule has 0 radical (unpaired) electrons. The minimum atomic E-state index is -0.269. The Morgan fingerprint density at radius 2 is 1.55 bits per heavy atom. The zero-order chi connectivity index (χ0) is 21.0. The first-order valence-electron chi connectivity index (χ1n) is 10.7. The molecule has 158 valence electrons. The number of hydrogen-bond donors (Lipinski definition) is 0. The van der Waals surface area contributed by atoms with Gasteiger partial charge in [0.1, 0.15) is 0 Å². The predicted molar refractivity (Wildman–Crippen MR) is 124 cm³/mol. The number of benzene rings is 3. The molecular weight excluding hydrogens is 406 g/mol. The summed E-state index contributed by atoms with van der Waals surface area (Å²) in [5.74, 6) is 2.47. The van der Waals surface area contributed by atoms with E-state index in [2.05, 4.69) is 36.4 Å². The predicted octanol–water partition coefficient (Wildman–Crippen LogP) is 5.25. The summed E-state index contributed by atoms with van der Waals surface area (Å²) in [6, 6.07) is 26.4. The minimum Gasteiger partial charge on any atom is -0.454 e. The summed E-state index contributed by atoms with van der Waals surface area (Å²) in [5, 5.41) is 0.346.